The molecule has 2 aliphatic rings. The Balaban J connectivity index is 1.55. The van der Waals surface area contributed by atoms with Crippen molar-refractivity contribution >= 4 is 11.3 Å². The second kappa shape index (κ2) is 6.95. The van der Waals surface area contributed by atoms with Crippen molar-refractivity contribution in [1.29, 1.82) is 0 Å². The van der Waals surface area contributed by atoms with Crippen LogP contribution in [-0.2, 0) is 6.54 Å². The molecule has 0 saturated carbocycles. The molecular formula is C17H28FN3S. The second-order valence-corrected chi connectivity index (χ2v) is 8.46. The van der Waals surface area contributed by atoms with Gasteiger partial charge in [-0.15, -0.1) is 11.3 Å². The van der Waals surface area contributed by atoms with Gasteiger partial charge in [0.1, 0.15) is 6.17 Å². The summed E-state index contributed by atoms with van der Waals surface area (Å²) < 4.78 is 13.9. The molecule has 3 nitrogen and oxygen atoms in total. The molecular weight excluding hydrogens is 297 g/mol. The molecule has 0 bridgehead atoms. The molecule has 1 unspecified atom stereocenters. The van der Waals surface area contributed by atoms with Gasteiger partial charge in [0.05, 0.1) is 0 Å². The Labute approximate surface area is 137 Å². The van der Waals surface area contributed by atoms with E-state index in [9.17, 15) is 4.39 Å². The standard InChI is InChI=1S/C17H28FN3S/c1-17(5-6-19-12-17)13-20(2)10-15-8-14(18)9-21(15)11-16-4-3-7-22-16/h3-4,7,14-15,19H,5-6,8-13H2,1-2H3/t14-,15-,17?/m0/s1. The van der Waals surface area contributed by atoms with Crippen LogP contribution in [0.5, 0.6) is 0 Å². The van der Waals surface area contributed by atoms with Crippen LogP contribution in [0.4, 0.5) is 4.39 Å². The normalized spacial score (nSPS) is 33.1. The van der Waals surface area contributed by atoms with Gasteiger partial charge < -0.3 is 10.2 Å². The predicted molar refractivity (Wildman–Crippen MR) is 91.1 cm³/mol. The van der Waals surface area contributed by atoms with Crippen LogP contribution >= 0.6 is 11.3 Å². The van der Waals surface area contributed by atoms with E-state index in [0.717, 1.165) is 32.7 Å². The summed E-state index contributed by atoms with van der Waals surface area (Å²) in [6.07, 6.45) is 1.26. The van der Waals surface area contributed by atoms with Crippen molar-refractivity contribution in [2.75, 3.05) is 39.8 Å². The molecule has 22 heavy (non-hydrogen) atoms. The molecule has 1 aromatic rings. The first-order chi connectivity index (χ1) is 10.5. The molecule has 1 N–H and O–H groups in total. The highest BCUT2D eigenvalue weighted by Gasteiger charge is 2.35. The van der Waals surface area contributed by atoms with E-state index < -0.39 is 6.17 Å². The fraction of sp³-hybridized carbons (Fsp3) is 0.765. The highest BCUT2D eigenvalue weighted by molar-refractivity contribution is 7.09. The second-order valence-electron chi connectivity index (χ2n) is 7.43. The Bertz CT molecular complexity index is 458. The van der Waals surface area contributed by atoms with Gasteiger partial charge in [-0.2, -0.15) is 0 Å². The van der Waals surface area contributed by atoms with Crippen LogP contribution in [0, 0.1) is 5.41 Å². The first kappa shape index (κ1) is 16.4. The molecule has 0 aromatic carbocycles. The maximum atomic E-state index is 13.9. The fourth-order valence-electron chi connectivity index (χ4n) is 3.99. The van der Waals surface area contributed by atoms with Gasteiger partial charge in [-0.05, 0) is 43.3 Å². The minimum Gasteiger partial charge on any atom is -0.316 e. The van der Waals surface area contributed by atoms with E-state index in [0.29, 0.717) is 24.4 Å². The van der Waals surface area contributed by atoms with E-state index in [2.05, 4.69) is 46.6 Å². The van der Waals surface area contributed by atoms with Crippen molar-refractivity contribution in [2.24, 2.45) is 5.41 Å². The summed E-state index contributed by atoms with van der Waals surface area (Å²) in [5, 5.41) is 5.57. The number of alkyl halides is 1. The third kappa shape index (κ3) is 4.07. The molecule has 0 amide bonds. The zero-order valence-corrected chi connectivity index (χ0v) is 14.5. The number of likely N-dealkylation sites (tertiary alicyclic amines) is 1. The summed E-state index contributed by atoms with van der Waals surface area (Å²) in [7, 11) is 2.19. The summed E-state index contributed by atoms with van der Waals surface area (Å²) in [5.41, 5.74) is 0.376. The van der Waals surface area contributed by atoms with Gasteiger partial charge in [-0.1, -0.05) is 13.0 Å². The first-order valence-corrected chi connectivity index (χ1v) is 9.22. The maximum Gasteiger partial charge on any atom is 0.114 e. The number of nitrogens with zero attached hydrogens (tertiary/aromatic N) is 2. The summed E-state index contributed by atoms with van der Waals surface area (Å²) in [6.45, 7) is 8.16. The quantitative estimate of drug-likeness (QED) is 0.867. The first-order valence-electron chi connectivity index (χ1n) is 8.34. The number of halogens is 1. The topological polar surface area (TPSA) is 18.5 Å². The van der Waals surface area contributed by atoms with Crippen molar-refractivity contribution in [3.63, 3.8) is 0 Å². The molecule has 3 rings (SSSR count). The lowest BCUT2D eigenvalue weighted by atomic mass is 9.89. The minimum absolute atomic E-state index is 0.347. The molecule has 2 fully saturated rings. The Kier molecular flexibility index (Phi) is 5.17. The Morgan fingerprint density at radius 3 is 3.09 bits per heavy atom. The van der Waals surface area contributed by atoms with Crippen LogP contribution in [0.15, 0.2) is 17.5 Å². The van der Waals surface area contributed by atoms with Crippen LogP contribution < -0.4 is 5.32 Å². The SMILES string of the molecule is CN(C[C@@H]1C[C@H](F)CN1Cc1cccs1)CC1(C)CCNC1. The third-order valence-corrected chi connectivity index (χ3v) is 5.91. The van der Waals surface area contributed by atoms with Gasteiger partial charge in [-0.25, -0.2) is 4.39 Å². The molecule has 3 heterocycles. The van der Waals surface area contributed by atoms with Crippen LogP contribution in [0.1, 0.15) is 24.6 Å². The largest absolute Gasteiger partial charge is 0.316 e. The summed E-state index contributed by atoms with van der Waals surface area (Å²) in [5.74, 6) is 0. The maximum absolute atomic E-state index is 13.9. The van der Waals surface area contributed by atoms with Gasteiger partial charge in [0.2, 0.25) is 0 Å². The van der Waals surface area contributed by atoms with Crippen molar-refractivity contribution < 1.29 is 4.39 Å². The van der Waals surface area contributed by atoms with Gasteiger partial charge in [0.15, 0.2) is 0 Å². The predicted octanol–water partition coefficient (Wildman–Crippen LogP) is 2.59. The fourth-order valence-corrected chi connectivity index (χ4v) is 4.72. The smallest absolute Gasteiger partial charge is 0.114 e. The van der Waals surface area contributed by atoms with Crippen LogP contribution in [0.3, 0.4) is 0 Å². The van der Waals surface area contributed by atoms with Gasteiger partial charge in [0, 0.05) is 43.6 Å². The van der Waals surface area contributed by atoms with Crippen LogP contribution in [0.25, 0.3) is 0 Å². The van der Waals surface area contributed by atoms with E-state index in [1.165, 1.54) is 11.3 Å². The molecule has 2 saturated heterocycles. The highest BCUT2D eigenvalue weighted by Crippen LogP contribution is 2.28. The van der Waals surface area contributed by atoms with Gasteiger partial charge in [-0.3, -0.25) is 4.90 Å². The summed E-state index contributed by atoms with van der Waals surface area (Å²) >= 11 is 1.77. The van der Waals surface area contributed by atoms with Crippen molar-refractivity contribution in [1.82, 2.24) is 15.1 Å². The molecule has 1 aromatic heterocycles. The van der Waals surface area contributed by atoms with Crippen molar-refractivity contribution in [3.05, 3.63) is 22.4 Å². The number of likely N-dealkylation sites (N-methyl/N-ethyl adjacent to an activating group) is 1. The lowest BCUT2D eigenvalue weighted by Crippen LogP contribution is -2.42. The van der Waals surface area contributed by atoms with E-state index in [1.54, 1.807) is 11.3 Å². The lowest BCUT2D eigenvalue weighted by Gasteiger charge is -2.33. The molecule has 0 aliphatic carbocycles. The van der Waals surface area contributed by atoms with Crippen molar-refractivity contribution in [3.8, 4) is 0 Å². The zero-order valence-electron chi connectivity index (χ0n) is 13.7. The summed E-state index contributed by atoms with van der Waals surface area (Å²) in [6, 6.07) is 4.58. The molecule has 2 aliphatic heterocycles. The van der Waals surface area contributed by atoms with E-state index >= 15 is 0 Å². The molecule has 3 atom stereocenters. The monoisotopic (exact) mass is 325 g/mol. The Morgan fingerprint density at radius 1 is 1.55 bits per heavy atom. The third-order valence-electron chi connectivity index (χ3n) is 5.05. The van der Waals surface area contributed by atoms with E-state index in [4.69, 9.17) is 0 Å². The number of nitrogens with one attached hydrogen (secondary N) is 1. The highest BCUT2D eigenvalue weighted by atomic mass is 32.1. The average Bonchev–Trinajstić information content (AvgIpc) is 3.14. The van der Waals surface area contributed by atoms with E-state index in [-0.39, 0.29) is 0 Å². The number of hydrogen-bond donors (Lipinski definition) is 1. The number of rotatable bonds is 6. The van der Waals surface area contributed by atoms with Crippen LogP contribution in [-0.4, -0.2) is 61.8 Å². The van der Waals surface area contributed by atoms with E-state index in [1.807, 2.05) is 0 Å². The minimum atomic E-state index is -0.665. The molecule has 5 heteroatoms. The van der Waals surface area contributed by atoms with Crippen molar-refractivity contribution in [2.45, 2.75) is 38.5 Å². The van der Waals surface area contributed by atoms with Gasteiger partial charge >= 0.3 is 0 Å². The molecule has 0 spiro atoms. The zero-order chi connectivity index (χ0) is 15.6. The van der Waals surface area contributed by atoms with Crippen LogP contribution in [0.2, 0.25) is 0 Å². The lowest BCUT2D eigenvalue weighted by molar-refractivity contribution is 0.149. The number of thiophene rings is 1. The Morgan fingerprint density at radius 2 is 2.41 bits per heavy atom. The molecule has 124 valence electrons. The molecule has 0 radical (unpaired) electrons. The van der Waals surface area contributed by atoms with Gasteiger partial charge in [0.25, 0.3) is 0 Å². The number of hydrogen-bond acceptors (Lipinski definition) is 4. The average molecular weight is 325 g/mol. The Hall–Kier alpha value is -0.490. The summed E-state index contributed by atoms with van der Waals surface area (Å²) in [4.78, 5) is 6.09.